The third-order valence-electron chi connectivity index (χ3n) is 6.00. The van der Waals surface area contributed by atoms with Gasteiger partial charge in [-0.15, -0.1) is 0 Å². The van der Waals surface area contributed by atoms with Gasteiger partial charge in [-0.05, 0) is 40.5 Å². The number of likely N-dealkylation sites (tertiary alicyclic amines) is 2. The molecule has 9 heteroatoms. The van der Waals surface area contributed by atoms with Gasteiger partial charge in [-0.25, -0.2) is 0 Å². The number of rotatable bonds is 7. The first-order chi connectivity index (χ1) is 14.4. The third-order valence-corrected chi connectivity index (χ3v) is 6.00. The number of amides is 6. The predicted octanol–water partition coefficient (Wildman–Crippen LogP) is 0.937. The first kappa shape index (κ1) is 22.6. The highest BCUT2D eigenvalue weighted by Gasteiger charge is 2.45. The molecule has 0 bridgehead atoms. The molecular formula is C22H27N3O6. The number of nitrogens with zero attached hydrogens (tertiary/aromatic N) is 3. The van der Waals surface area contributed by atoms with Gasteiger partial charge < -0.3 is 0 Å². The topological polar surface area (TPSA) is 112 Å². The molecule has 166 valence electrons. The van der Waals surface area contributed by atoms with E-state index in [4.69, 9.17) is 0 Å². The Kier molecular flexibility index (Phi) is 5.98. The normalized spacial score (nSPS) is 24.3. The first-order valence-electron chi connectivity index (χ1n) is 10.4. The van der Waals surface area contributed by atoms with Crippen LogP contribution >= 0.6 is 0 Å². The van der Waals surface area contributed by atoms with Crippen molar-refractivity contribution in [3.8, 4) is 0 Å². The Morgan fingerprint density at radius 1 is 0.903 bits per heavy atom. The highest BCUT2D eigenvalue weighted by molar-refractivity contribution is 6.16. The second-order valence-electron chi connectivity index (χ2n) is 8.77. The smallest absolute Gasteiger partial charge is 0.257 e. The quantitative estimate of drug-likeness (QED) is 0.440. The van der Waals surface area contributed by atoms with E-state index in [0.29, 0.717) is 0 Å². The van der Waals surface area contributed by atoms with E-state index in [2.05, 4.69) is 6.58 Å². The number of hydrogen-bond donors (Lipinski definition) is 0. The van der Waals surface area contributed by atoms with Gasteiger partial charge in [-0.1, -0.05) is 6.58 Å². The van der Waals surface area contributed by atoms with Gasteiger partial charge in [-0.3, -0.25) is 43.5 Å². The number of hydrogen-bond acceptors (Lipinski definition) is 6. The summed E-state index contributed by atoms with van der Waals surface area (Å²) in [6.45, 7) is 10.4. The Labute approximate surface area is 180 Å². The summed E-state index contributed by atoms with van der Waals surface area (Å²) in [6, 6.07) is -1.41. The van der Waals surface area contributed by atoms with Crippen LogP contribution in [0.1, 0.15) is 53.4 Å². The second-order valence-corrected chi connectivity index (χ2v) is 8.77. The molecule has 3 heterocycles. The maximum absolute atomic E-state index is 12.9. The van der Waals surface area contributed by atoms with Gasteiger partial charge in [0.2, 0.25) is 17.7 Å². The summed E-state index contributed by atoms with van der Waals surface area (Å²) in [5, 5.41) is 0. The molecule has 2 saturated heterocycles. The van der Waals surface area contributed by atoms with Crippen LogP contribution in [0.25, 0.3) is 0 Å². The van der Waals surface area contributed by atoms with Crippen molar-refractivity contribution in [2.45, 2.75) is 71.5 Å². The van der Waals surface area contributed by atoms with E-state index in [1.54, 1.807) is 27.7 Å². The Morgan fingerprint density at radius 2 is 1.55 bits per heavy atom. The van der Waals surface area contributed by atoms with E-state index in [1.807, 2.05) is 0 Å². The van der Waals surface area contributed by atoms with Crippen LogP contribution in [0.15, 0.2) is 23.8 Å². The summed E-state index contributed by atoms with van der Waals surface area (Å²) in [7, 11) is 0. The maximum Gasteiger partial charge on any atom is 0.257 e. The van der Waals surface area contributed by atoms with Gasteiger partial charge >= 0.3 is 0 Å². The molecule has 0 saturated carbocycles. The molecule has 2 fully saturated rings. The zero-order valence-electron chi connectivity index (χ0n) is 18.2. The Balaban J connectivity index is 1.66. The minimum absolute atomic E-state index is 0.0191. The lowest BCUT2D eigenvalue weighted by molar-refractivity contribution is -0.144. The predicted molar refractivity (Wildman–Crippen MR) is 109 cm³/mol. The van der Waals surface area contributed by atoms with Crippen LogP contribution in [-0.4, -0.2) is 68.3 Å². The zero-order chi connectivity index (χ0) is 23.2. The highest BCUT2D eigenvalue weighted by atomic mass is 16.2. The minimum Gasteiger partial charge on any atom is -0.279 e. The fourth-order valence-electron chi connectivity index (χ4n) is 4.53. The fraction of sp³-hybridized carbons (Fsp3) is 0.545. The molecule has 0 aromatic carbocycles. The summed E-state index contributed by atoms with van der Waals surface area (Å²) >= 11 is 0. The second kappa shape index (κ2) is 8.20. The SMILES string of the molecule is C=C1CC(=O)N(C(C)CC2CC(=O)N(C(C)CC3=CC(=O)N(C(C)C)C3=O)C2=O)C1=O. The Morgan fingerprint density at radius 3 is 2.06 bits per heavy atom. The molecule has 0 aliphatic carbocycles. The minimum atomic E-state index is -0.651. The standard InChI is InChI=1S/C22H27N3O6/c1-11(2)23-18(27)9-15(21(23)30)8-14(5)25-19(28)10-16(22(25)31)7-13(4)24-17(26)6-12(3)20(24)29/h9,11,13-14,16H,3,6-8,10H2,1-2,4-5H3. The van der Waals surface area contributed by atoms with Crippen LogP contribution in [0.4, 0.5) is 0 Å². The van der Waals surface area contributed by atoms with Crippen molar-refractivity contribution in [1.29, 1.82) is 0 Å². The Bertz CT molecular complexity index is 934. The molecule has 0 aromatic heterocycles. The van der Waals surface area contributed by atoms with Gasteiger partial charge in [0.25, 0.3) is 17.7 Å². The van der Waals surface area contributed by atoms with E-state index in [0.717, 1.165) is 14.7 Å². The summed E-state index contributed by atoms with van der Waals surface area (Å²) in [4.78, 5) is 77.7. The molecule has 3 unspecified atom stereocenters. The van der Waals surface area contributed by atoms with Crippen LogP contribution in [0.3, 0.4) is 0 Å². The van der Waals surface area contributed by atoms with Crippen molar-refractivity contribution in [2.75, 3.05) is 0 Å². The highest BCUT2D eigenvalue weighted by Crippen LogP contribution is 2.31. The van der Waals surface area contributed by atoms with Crippen LogP contribution < -0.4 is 0 Å². The fourth-order valence-corrected chi connectivity index (χ4v) is 4.53. The lowest BCUT2D eigenvalue weighted by Gasteiger charge is -2.26. The van der Waals surface area contributed by atoms with Crippen LogP contribution in [0, 0.1) is 5.92 Å². The molecule has 9 nitrogen and oxygen atoms in total. The monoisotopic (exact) mass is 429 g/mol. The van der Waals surface area contributed by atoms with E-state index in [9.17, 15) is 28.8 Å². The van der Waals surface area contributed by atoms with E-state index >= 15 is 0 Å². The molecule has 31 heavy (non-hydrogen) atoms. The van der Waals surface area contributed by atoms with Crippen molar-refractivity contribution < 1.29 is 28.8 Å². The maximum atomic E-state index is 12.9. The third kappa shape index (κ3) is 3.96. The lowest BCUT2D eigenvalue weighted by atomic mass is 9.98. The summed E-state index contributed by atoms with van der Waals surface area (Å²) in [6.07, 6.45) is 1.49. The van der Waals surface area contributed by atoms with Gasteiger partial charge in [0.05, 0.1) is 6.42 Å². The Hall–Kier alpha value is -3.10. The molecule has 0 radical (unpaired) electrons. The van der Waals surface area contributed by atoms with Gasteiger partial charge in [0, 0.05) is 47.7 Å². The molecule has 6 amide bonds. The molecule has 3 aliphatic heterocycles. The molecule has 0 N–H and O–H groups in total. The van der Waals surface area contributed by atoms with Crippen molar-refractivity contribution in [3.05, 3.63) is 23.8 Å². The van der Waals surface area contributed by atoms with Gasteiger partial charge in [0.1, 0.15) is 0 Å². The van der Waals surface area contributed by atoms with Crippen molar-refractivity contribution in [2.24, 2.45) is 5.92 Å². The molecule has 3 rings (SSSR count). The zero-order valence-corrected chi connectivity index (χ0v) is 18.2. The van der Waals surface area contributed by atoms with Gasteiger partial charge in [0.15, 0.2) is 0 Å². The largest absolute Gasteiger partial charge is 0.279 e. The molecule has 3 aliphatic rings. The first-order valence-corrected chi connectivity index (χ1v) is 10.4. The molecular weight excluding hydrogens is 402 g/mol. The summed E-state index contributed by atoms with van der Waals surface area (Å²) < 4.78 is 0. The number of carbonyl (C=O) groups excluding carboxylic acids is 6. The van der Waals surface area contributed by atoms with Crippen LogP contribution in [0.5, 0.6) is 0 Å². The van der Waals surface area contributed by atoms with Crippen LogP contribution in [0.2, 0.25) is 0 Å². The van der Waals surface area contributed by atoms with Crippen LogP contribution in [-0.2, 0) is 28.8 Å². The number of carbonyl (C=O) groups is 6. The van der Waals surface area contributed by atoms with Crippen molar-refractivity contribution in [1.82, 2.24) is 14.7 Å². The average Bonchev–Trinajstić information content (AvgIpc) is 3.19. The van der Waals surface area contributed by atoms with Gasteiger partial charge in [-0.2, -0.15) is 0 Å². The molecule has 0 spiro atoms. The van der Waals surface area contributed by atoms with Crippen molar-refractivity contribution >= 4 is 35.4 Å². The van der Waals surface area contributed by atoms with E-state index in [1.165, 1.54) is 6.08 Å². The molecule has 0 aromatic rings. The number of imide groups is 3. The van der Waals surface area contributed by atoms with E-state index in [-0.39, 0.29) is 60.6 Å². The van der Waals surface area contributed by atoms with E-state index < -0.39 is 35.7 Å². The average molecular weight is 429 g/mol. The lowest BCUT2D eigenvalue weighted by Crippen LogP contribution is -2.42. The molecule has 3 atom stereocenters. The summed E-state index contributed by atoms with van der Waals surface area (Å²) in [5.74, 6) is -2.99. The summed E-state index contributed by atoms with van der Waals surface area (Å²) in [5.41, 5.74) is 0.496. The van der Waals surface area contributed by atoms with Crippen molar-refractivity contribution in [3.63, 3.8) is 0 Å².